The maximum Gasteiger partial charge on any atom is 0.225 e. The van der Waals surface area contributed by atoms with Crippen LogP contribution in [0, 0.1) is 0 Å². The number of nitrogens with zero attached hydrogens (tertiary/aromatic N) is 6. The first kappa shape index (κ1) is 21.7. The molecule has 9 nitrogen and oxygen atoms in total. The molecule has 2 aliphatic rings. The lowest BCUT2D eigenvalue weighted by Gasteiger charge is -2.41. The highest BCUT2D eigenvalue weighted by Crippen LogP contribution is 2.15. The highest BCUT2D eigenvalue weighted by molar-refractivity contribution is 5.79. The molecule has 9 heteroatoms. The maximum absolute atomic E-state index is 5.47. The zero-order valence-corrected chi connectivity index (χ0v) is 18.1. The normalized spacial score (nSPS) is 20.0. The predicted octanol–water partition coefficient (Wildman–Crippen LogP) is -0.126. The van der Waals surface area contributed by atoms with Crippen LogP contribution in [-0.4, -0.2) is 110 Å². The molecule has 2 N–H and O–H groups in total. The second-order valence-corrected chi connectivity index (χ2v) is 8.14. The Morgan fingerprint density at radius 1 is 1.07 bits per heavy atom. The highest BCUT2D eigenvalue weighted by Gasteiger charge is 2.28. The fraction of sp³-hybridized carbons (Fsp3) is 0.750. The summed E-state index contributed by atoms with van der Waals surface area (Å²) in [6.45, 7) is 14.9. The third-order valence-electron chi connectivity index (χ3n) is 5.71. The number of aliphatic imine (C=N–C) groups is 1. The van der Waals surface area contributed by atoms with Crippen LogP contribution in [0.1, 0.15) is 13.8 Å². The molecule has 0 aromatic carbocycles. The number of ether oxygens (including phenoxy) is 1. The van der Waals surface area contributed by atoms with Gasteiger partial charge in [0.05, 0.1) is 13.2 Å². The van der Waals surface area contributed by atoms with Crippen molar-refractivity contribution in [2.75, 3.05) is 84.1 Å². The van der Waals surface area contributed by atoms with E-state index in [2.05, 4.69) is 54.1 Å². The molecule has 1 aromatic heterocycles. The Bertz CT molecular complexity index is 625. The number of morpholine rings is 1. The third-order valence-corrected chi connectivity index (χ3v) is 5.71. The van der Waals surface area contributed by atoms with Crippen LogP contribution in [0.4, 0.5) is 5.95 Å². The van der Waals surface area contributed by atoms with Crippen LogP contribution in [0.2, 0.25) is 0 Å². The molecule has 2 saturated heterocycles. The van der Waals surface area contributed by atoms with Crippen molar-refractivity contribution in [3.63, 3.8) is 0 Å². The largest absolute Gasteiger partial charge is 0.379 e. The van der Waals surface area contributed by atoms with Crippen LogP contribution < -0.4 is 15.5 Å². The molecule has 162 valence electrons. The summed E-state index contributed by atoms with van der Waals surface area (Å²) in [4.78, 5) is 20.3. The summed E-state index contributed by atoms with van der Waals surface area (Å²) < 4.78 is 5.47. The zero-order chi connectivity index (χ0) is 20.5. The fourth-order valence-corrected chi connectivity index (χ4v) is 3.76. The molecule has 0 unspecified atom stereocenters. The highest BCUT2D eigenvalue weighted by atomic mass is 16.5. The van der Waals surface area contributed by atoms with Gasteiger partial charge in [-0.15, -0.1) is 0 Å². The van der Waals surface area contributed by atoms with Crippen LogP contribution in [0.3, 0.4) is 0 Å². The van der Waals surface area contributed by atoms with Gasteiger partial charge in [0.1, 0.15) is 0 Å². The topological polar surface area (TPSA) is 81.2 Å². The minimum absolute atomic E-state index is 0.0667. The lowest BCUT2D eigenvalue weighted by Crippen LogP contribution is -2.57. The van der Waals surface area contributed by atoms with Gasteiger partial charge in [-0.25, -0.2) is 9.97 Å². The zero-order valence-electron chi connectivity index (χ0n) is 18.1. The van der Waals surface area contributed by atoms with Gasteiger partial charge in [0, 0.05) is 83.9 Å². The average molecular weight is 405 g/mol. The van der Waals surface area contributed by atoms with E-state index in [0.717, 1.165) is 84.0 Å². The summed E-state index contributed by atoms with van der Waals surface area (Å²) in [6.07, 6.45) is 3.61. The van der Waals surface area contributed by atoms with Crippen LogP contribution in [0.25, 0.3) is 0 Å². The number of piperazine rings is 1. The van der Waals surface area contributed by atoms with E-state index in [4.69, 9.17) is 4.74 Å². The molecule has 0 spiro atoms. The number of hydrogen-bond donors (Lipinski definition) is 2. The third kappa shape index (κ3) is 6.52. The van der Waals surface area contributed by atoms with Crippen molar-refractivity contribution >= 4 is 11.9 Å². The number of guanidine groups is 1. The number of anilines is 1. The van der Waals surface area contributed by atoms with Gasteiger partial charge in [-0.3, -0.25) is 14.8 Å². The number of aromatic nitrogens is 2. The van der Waals surface area contributed by atoms with Crippen molar-refractivity contribution in [1.82, 2.24) is 30.4 Å². The molecule has 2 fully saturated rings. The molecule has 0 saturated carbocycles. The van der Waals surface area contributed by atoms with Gasteiger partial charge in [0.2, 0.25) is 5.95 Å². The van der Waals surface area contributed by atoms with Gasteiger partial charge in [-0.05, 0) is 19.9 Å². The lowest BCUT2D eigenvalue weighted by molar-refractivity contribution is -0.00834. The molecule has 0 aliphatic carbocycles. The van der Waals surface area contributed by atoms with E-state index in [0.29, 0.717) is 0 Å². The Morgan fingerprint density at radius 3 is 2.41 bits per heavy atom. The van der Waals surface area contributed by atoms with Crippen molar-refractivity contribution in [2.24, 2.45) is 4.99 Å². The van der Waals surface area contributed by atoms with E-state index in [1.807, 2.05) is 13.1 Å². The molecule has 3 heterocycles. The summed E-state index contributed by atoms with van der Waals surface area (Å²) in [5.74, 6) is 1.69. The Hall–Kier alpha value is -1.97. The van der Waals surface area contributed by atoms with E-state index in [1.54, 1.807) is 12.4 Å². The minimum Gasteiger partial charge on any atom is -0.379 e. The fourth-order valence-electron chi connectivity index (χ4n) is 3.76. The number of nitrogens with one attached hydrogen (secondary N) is 2. The molecule has 0 atom stereocenters. The summed E-state index contributed by atoms with van der Waals surface area (Å²) in [5, 5.41) is 6.94. The lowest BCUT2D eigenvalue weighted by atomic mass is 10.0. The molecule has 0 radical (unpaired) electrons. The van der Waals surface area contributed by atoms with Crippen molar-refractivity contribution in [1.29, 1.82) is 0 Å². The monoisotopic (exact) mass is 404 g/mol. The van der Waals surface area contributed by atoms with E-state index >= 15 is 0 Å². The van der Waals surface area contributed by atoms with Crippen molar-refractivity contribution < 1.29 is 4.74 Å². The Morgan fingerprint density at radius 2 is 1.76 bits per heavy atom. The second-order valence-electron chi connectivity index (χ2n) is 8.14. The summed E-state index contributed by atoms with van der Waals surface area (Å²) in [5.41, 5.74) is 0.0667. The Balaban J connectivity index is 1.34. The molecular weight excluding hydrogens is 368 g/mol. The van der Waals surface area contributed by atoms with Gasteiger partial charge in [-0.2, -0.15) is 0 Å². The van der Waals surface area contributed by atoms with E-state index in [-0.39, 0.29) is 5.54 Å². The summed E-state index contributed by atoms with van der Waals surface area (Å²) >= 11 is 0. The first-order chi connectivity index (χ1) is 14.1. The number of rotatable bonds is 7. The molecule has 2 aliphatic heterocycles. The Kier molecular flexibility index (Phi) is 8.02. The molecule has 1 aromatic rings. The SMILES string of the molecule is CN=C(NCCN1CCN(c2ncccn2)CC1)NCC(C)(C)N1CCOCC1. The van der Waals surface area contributed by atoms with Gasteiger partial charge < -0.3 is 20.3 Å². The second kappa shape index (κ2) is 10.7. The minimum atomic E-state index is 0.0667. The quantitative estimate of drug-likeness (QED) is 0.481. The Labute approximate surface area is 174 Å². The van der Waals surface area contributed by atoms with Crippen LogP contribution >= 0.6 is 0 Å². The average Bonchev–Trinajstić information content (AvgIpc) is 2.78. The predicted molar refractivity (Wildman–Crippen MR) is 117 cm³/mol. The van der Waals surface area contributed by atoms with Gasteiger partial charge >= 0.3 is 0 Å². The first-order valence-corrected chi connectivity index (χ1v) is 10.6. The molecule has 0 bridgehead atoms. The van der Waals surface area contributed by atoms with Crippen molar-refractivity contribution in [3.8, 4) is 0 Å². The van der Waals surface area contributed by atoms with Crippen LogP contribution in [-0.2, 0) is 4.74 Å². The summed E-state index contributed by atoms with van der Waals surface area (Å²) in [7, 11) is 1.83. The van der Waals surface area contributed by atoms with Crippen molar-refractivity contribution in [3.05, 3.63) is 18.5 Å². The maximum atomic E-state index is 5.47. The number of hydrogen-bond acceptors (Lipinski definition) is 7. The van der Waals surface area contributed by atoms with E-state index in [1.165, 1.54) is 0 Å². The smallest absolute Gasteiger partial charge is 0.225 e. The first-order valence-electron chi connectivity index (χ1n) is 10.6. The standard InChI is InChI=1S/C20H36N8O/c1-20(2,28-13-15-29-16-14-28)17-25-18(21-3)22-7-8-26-9-11-27(12-10-26)19-23-5-4-6-24-19/h4-6H,7-17H2,1-3H3,(H2,21,22,25). The van der Waals surface area contributed by atoms with E-state index < -0.39 is 0 Å². The van der Waals surface area contributed by atoms with Gasteiger partial charge in [0.25, 0.3) is 0 Å². The van der Waals surface area contributed by atoms with Gasteiger partial charge in [0.15, 0.2) is 5.96 Å². The van der Waals surface area contributed by atoms with E-state index in [9.17, 15) is 0 Å². The summed E-state index contributed by atoms with van der Waals surface area (Å²) in [6, 6.07) is 1.86. The van der Waals surface area contributed by atoms with Crippen LogP contribution in [0.5, 0.6) is 0 Å². The molecule has 29 heavy (non-hydrogen) atoms. The van der Waals surface area contributed by atoms with Gasteiger partial charge in [-0.1, -0.05) is 0 Å². The van der Waals surface area contributed by atoms with Crippen LogP contribution in [0.15, 0.2) is 23.5 Å². The molecule has 0 amide bonds. The van der Waals surface area contributed by atoms with Crippen molar-refractivity contribution in [2.45, 2.75) is 19.4 Å². The molecular formula is C20H36N8O. The molecule has 3 rings (SSSR count).